The van der Waals surface area contributed by atoms with E-state index in [2.05, 4.69) is 33.2 Å². The van der Waals surface area contributed by atoms with Gasteiger partial charge in [-0.2, -0.15) is 0 Å². The Morgan fingerprint density at radius 2 is 2.00 bits per heavy atom. The Bertz CT molecular complexity index is 1130. The summed E-state index contributed by atoms with van der Waals surface area (Å²) in [6.07, 6.45) is 4.48. The van der Waals surface area contributed by atoms with Crippen molar-refractivity contribution in [2.24, 2.45) is 5.14 Å². The standard InChI is InChI=1S/C19H26N6O2S2/c1-3-5-10-25-16-9-8-14(29(20,26)27)11-15(16)21-17(25)12-28-19-23-22-18(13-6-7-13)24(19)4-2/h8-9,11,13H,3-7,10,12H2,1-2H3,(H2,20,26,27). The van der Waals surface area contributed by atoms with Crippen LogP contribution in [0.15, 0.2) is 28.3 Å². The van der Waals surface area contributed by atoms with Crippen LogP contribution in [0.25, 0.3) is 11.0 Å². The van der Waals surface area contributed by atoms with Crippen molar-refractivity contribution in [1.82, 2.24) is 24.3 Å². The molecule has 4 rings (SSSR count). The maximum atomic E-state index is 11.7. The summed E-state index contributed by atoms with van der Waals surface area (Å²) in [7, 11) is -3.75. The number of imidazole rings is 1. The number of hydrogen-bond donors (Lipinski definition) is 1. The Hall–Kier alpha value is -1.91. The maximum Gasteiger partial charge on any atom is 0.238 e. The molecular weight excluding hydrogens is 408 g/mol. The van der Waals surface area contributed by atoms with E-state index >= 15 is 0 Å². The normalized spacial score (nSPS) is 14.7. The summed E-state index contributed by atoms with van der Waals surface area (Å²) in [6, 6.07) is 4.90. The highest BCUT2D eigenvalue weighted by Crippen LogP contribution is 2.40. The fourth-order valence-electron chi connectivity index (χ4n) is 3.49. The molecule has 0 saturated heterocycles. The number of unbranched alkanes of at least 4 members (excludes halogenated alkanes) is 1. The maximum absolute atomic E-state index is 11.7. The Kier molecular flexibility index (Phi) is 5.67. The molecule has 1 fully saturated rings. The van der Waals surface area contributed by atoms with Crippen LogP contribution in [-0.4, -0.2) is 32.7 Å². The number of benzene rings is 1. The first-order valence-electron chi connectivity index (χ1n) is 10.00. The second kappa shape index (κ2) is 8.08. The second-order valence-electron chi connectivity index (χ2n) is 7.38. The lowest BCUT2D eigenvalue weighted by atomic mass is 10.3. The van der Waals surface area contributed by atoms with Gasteiger partial charge in [0.1, 0.15) is 11.6 Å². The largest absolute Gasteiger partial charge is 0.327 e. The van der Waals surface area contributed by atoms with Crippen LogP contribution in [0.3, 0.4) is 0 Å². The molecule has 2 heterocycles. The fourth-order valence-corrected chi connectivity index (χ4v) is 4.98. The Balaban J connectivity index is 1.65. The molecule has 2 aromatic heterocycles. The highest BCUT2D eigenvalue weighted by Gasteiger charge is 2.30. The summed E-state index contributed by atoms with van der Waals surface area (Å²) in [5.74, 6) is 3.20. The van der Waals surface area contributed by atoms with Gasteiger partial charge in [-0.1, -0.05) is 25.1 Å². The molecule has 1 aromatic carbocycles. The smallest absolute Gasteiger partial charge is 0.238 e. The Labute approximate surface area is 175 Å². The van der Waals surface area contributed by atoms with Crippen molar-refractivity contribution < 1.29 is 8.42 Å². The number of nitrogens with two attached hydrogens (primary N) is 1. The summed E-state index contributed by atoms with van der Waals surface area (Å²) in [5, 5.41) is 15.0. The van der Waals surface area contributed by atoms with Crippen LogP contribution >= 0.6 is 11.8 Å². The lowest BCUT2D eigenvalue weighted by Crippen LogP contribution is -2.11. The third-order valence-corrected chi connectivity index (χ3v) is 7.07. The predicted octanol–water partition coefficient (Wildman–Crippen LogP) is 3.26. The van der Waals surface area contributed by atoms with Crippen molar-refractivity contribution in [3.63, 3.8) is 0 Å². The van der Waals surface area contributed by atoms with Crippen LogP contribution in [0.2, 0.25) is 0 Å². The second-order valence-corrected chi connectivity index (χ2v) is 9.88. The highest BCUT2D eigenvalue weighted by atomic mass is 32.2. The van der Waals surface area contributed by atoms with Gasteiger partial charge in [-0.05, 0) is 44.4 Å². The minimum atomic E-state index is -3.75. The van der Waals surface area contributed by atoms with Gasteiger partial charge in [0.15, 0.2) is 5.16 Å². The van der Waals surface area contributed by atoms with Crippen molar-refractivity contribution >= 4 is 32.8 Å². The number of primary sulfonamides is 1. The molecule has 156 valence electrons. The number of fused-ring (bicyclic) bond motifs is 1. The van der Waals surface area contributed by atoms with E-state index in [0.717, 1.165) is 48.3 Å². The predicted molar refractivity (Wildman–Crippen MR) is 113 cm³/mol. The number of nitrogens with zero attached hydrogens (tertiary/aromatic N) is 5. The average Bonchev–Trinajstić information content (AvgIpc) is 3.35. The van der Waals surface area contributed by atoms with Crippen molar-refractivity contribution in [2.45, 2.75) is 74.3 Å². The lowest BCUT2D eigenvalue weighted by molar-refractivity contribution is 0.598. The minimum Gasteiger partial charge on any atom is -0.327 e. The zero-order chi connectivity index (χ0) is 20.6. The van der Waals surface area contributed by atoms with Gasteiger partial charge in [-0.25, -0.2) is 18.5 Å². The molecule has 0 radical (unpaired) electrons. The molecule has 0 aliphatic heterocycles. The van der Waals surface area contributed by atoms with Crippen LogP contribution in [0.4, 0.5) is 0 Å². The summed E-state index contributed by atoms with van der Waals surface area (Å²) in [5.41, 5.74) is 1.58. The van der Waals surface area contributed by atoms with E-state index in [1.807, 2.05) is 0 Å². The molecule has 2 N–H and O–H groups in total. The summed E-state index contributed by atoms with van der Waals surface area (Å²) in [4.78, 5) is 4.82. The fraction of sp³-hybridized carbons (Fsp3) is 0.526. The molecule has 0 spiro atoms. The van der Waals surface area contributed by atoms with E-state index in [1.54, 1.807) is 30.0 Å². The molecule has 0 amide bonds. The number of hydrogen-bond acceptors (Lipinski definition) is 6. The van der Waals surface area contributed by atoms with E-state index in [1.165, 1.54) is 12.8 Å². The molecule has 0 bridgehead atoms. The number of sulfonamides is 1. The van der Waals surface area contributed by atoms with Crippen LogP contribution in [0.5, 0.6) is 0 Å². The monoisotopic (exact) mass is 434 g/mol. The van der Waals surface area contributed by atoms with E-state index < -0.39 is 10.0 Å². The van der Waals surface area contributed by atoms with Crippen LogP contribution in [0, 0.1) is 0 Å². The van der Waals surface area contributed by atoms with Crippen LogP contribution in [-0.2, 0) is 28.9 Å². The first kappa shape index (κ1) is 20.4. The van der Waals surface area contributed by atoms with Gasteiger partial charge in [0, 0.05) is 19.0 Å². The zero-order valence-corrected chi connectivity index (χ0v) is 18.3. The van der Waals surface area contributed by atoms with E-state index in [4.69, 9.17) is 10.1 Å². The van der Waals surface area contributed by atoms with Crippen LogP contribution in [0.1, 0.15) is 57.1 Å². The minimum absolute atomic E-state index is 0.0872. The van der Waals surface area contributed by atoms with E-state index in [-0.39, 0.29) is 4.90 Å². The van der Waals surface area contributed by atoms with Gasteiger partial charge >= 0.3 is 0 Å². The zero-order valence-electron chi connectivity index (χ0n) is 16.7. The molecule has 3 aromatic rings. The molecule has 10 heteroatoms. The molecule has 8 nitrogen and oxygen atoms in total. The van der Waals surface area contributed by atoms with E-state index in [0.29, 0.717) is 17.2 Å². The quantitative estimate of drug-likeness (QED) is 0.518. The van der Waals surface area contributed by atoms with Crippen molar-refractivity contribution in [1.29, 1.82) is 0 Å². The summed E-state index contributed by atoms with van der Waals surface area (Å²) >= 11 is 1.63. The first-order chi connectivity index (χ1) is 13.9. The van der Waals surface area contributed by atoms with Crippen molar-refractivity contribution in [3.05, 3.63) is 29.8 Å². The SMILES string of the molecule is CCCCn1c(CSc2nnc(C3CC3)n2CC)nc2cc(S(N)(=O)=O)ccc21. The number of thioether (sulfide) groups is 1. The molecule has 29 heavy (non-hydrogen) atoms. The summed E-state index contributed by atoms with van der Waals surface area (Å²) in [6.45, 7) is 5.96. The van der Waals surface area contributed by atoms with Gasteiger partial charge in [-0.15, -0.1) is 10.2 Å². The topological polar surface area (TPSA) is 109 Å². The third kappa shape index (κ3) is 4.19. The molecule has 0 unspecified atom stereocenters. The summed E-state index contributed by atoms with van der Waals surface area (Å²) < 4.78 is 27.8. The van der Waals surface area contributed by atoms with Gasteiger partial charge in [0.2, 0.25) is 10.0 Å². The molecule has 1 saturated carbocycles. The van der Waals surface area contributed by atoms with Gasteiger partial charge in [-0.3, -0.25) is 0 Å². The van der Waals surface area contributed by atoms with Crippen LogP contribution < -0.4 is 5.14 Å². The van der Waals surface area contributed by atoms with E-state index in [9.17, 15) is 8.42 Å². The van der Waals surface area contributed by atoms with Crippen molar-refractivity contribution in [3.8, 4) is 0 Å². The third-order valence-electron chi connectivity index (χ3n) is 5.20. The highest BCUT2D eigenvalue weighted by molar-refractivity contribution is 7.98. The molecule has 1 aliphatic rings. The Morgan fingerprint density at radius 3 is 2.66 bits per heavy atom. The number of rotatable bonds is 9. The number of aryl methyl sites for hydroxylation is 1. The molecular formula is C19H26N6O2S2. The number of aromatic nitrogens is 5. The van der Waals surface area contributed by atoms with Gasteiger partial charge in [0.05, 0.1) is 21.7 Å². The van der Waals surface area contributed by atoms with Crippen molar-refractivity contribution in [2.75, 3.05) is 0 Å². The first-order valence-corrected chi connectivity index (χ1v) is 12.5. The lowest BCUT2D eigenvalue weighted by Gasteiger charge is -2.09. The van der Waals surface area contributed by atoms with Gasteiger partial charge in [0.25, 0.3) is 0 Å². The molecule has 1 aliphatic carbocycles. The average molecular weight is 435 g/mol. The Morgan fingerprint density at radius 1 is 1.21 bits per heavy atom. The van der Waals surface area contributed by atoms with Gasteiger partial charge < -0.3 is 9.13 Å². The molecule has 0 atom stereocenters.